The van der Waals surface area contributed by atoms with Crippen molar-refractivity contribution in [1.29, 1.82) is 0 Å². The molecule has 0 N–H and O–H groups in total. The molecule has 0 aliphatic carbocycles. The molecule has 2 aromatic rings. The first-order valence-corrected chi connectivity index (χ1v) is 10.9. The molecule has 0 bridgehead atoms. The Morgan fingerprint density at radius 1 is 0.903 bits per heavy atom. The van der Waals surface area contributed by atoms with Gasteiger partial charge in [0.15, 0.2) is 0 Å². The first-order valence-electron chi connectivity index (χ1n) is 10.9. The molecular formula is C27H35N3O. The summed E-state index contributed by atoms with van der Waals surface area (Å²) in [6.45, 7) is 14.2. The monoisotopic (exact) mass is 417 g/mol. The maximum atomic E-state index is 5.48. The van der Waals surface area contributed by atoms with E-state index < -0.39 is 0 Å². The highest BCUT2D eigenvalue weighted by molar-refractivity contribution is 5.71. The number of anilines is 1. The lowest BCUT2D eigenvalue weighted by Gasteiger charge is -2.34. The third-order valence-corrected chi connectivity index (χ3v) is 5.91. The standard InChI is InChI=1S/C27H35N3O/c1-6-25-23(12-15-27(31-5)26(25)7-2)21-30-19-17-29(18-20-30)16-8-9-22-10-13-24(14-11-22)28(3)4/h6-15H,1-2,16-21H2,3-5H3/b9-8+. The van der Waals surface area contributed by atoms with Crippen LogP contribution in [-0.2, 0) is 6.54 Å². The molecule has 0 amide bonds. The van der Waals surface area contributed by atoms with E-state index in [1.54, 1.807) is 7.11 Å². The van der Waals surface area contributed by atoms with Gasteiger partial charge in [0, 0.05) is 64.6 Å². The summed E-state index contributed by atoms with van der Waals surface area (Å²) in [6, 6.07) is 12.9. The number of ether oxygens (including phenoxy) is 1. The third kappa shape index (κ3) is 5.87. The van der Waals surface area contributed by atoms with E-state index in [1.165, 1.54) is 16.8 Å². The molecule has 0 spiro atoms. The van der Waals surface area contributed by atoms with Crippen LogP contribution in [0.4, 0.5) is 5.69 Å². The fraction of sp³-hybridized carbons (Fsp3) is 0.333. The van der Waals surface area contributed by atoms with Crippen molar-refractivity contribution in [1.82, 2.24) is 9.80 Å². The zero-order valence-corrected chi connectivity index (χ0v) is 19.2. The van der Waals surface area contributed by atoms with Gasteiger partial charge in [-0.15, -0.1) is 0 Å². The zero-order chi connectivity index (χ0) is 22.2. The Morgan fingerprint density at radius 2 is 1.55 bits per heavy atom. The number of nitrogens with zero attached hydrogens (tertiary/aromatic N) is 3. The molecule has 0 unspecified atom stereocenters. The van der Waals surface area contributed by atoms with E-state index in [0.29, 0.717) is 0 Å². The Labute approximate surface area is 187 Å². The third-order valence-electron chi connectivity index (χ3n) is 5.91. The number of hydrogen-bond acceptors (Lipinski definition) is 4. The summed E-state index contributed by atoms with van der Waals surface area (Å²) in [6.07, 6.45) is 8.27. The molecule has 2 aromatic carbocycles. The predicted octanol–water partition coefficient (Wildman–Crippen LogP) is 4.88. The Bertz CT molecular complexity index is 907. The average Bonchev–Trinajstić information content (AvgIpc) is 2.80. The van der Waals surface area contributed by atoms with Crippen molar-refractivity contribution < 1.29 is 4.74 Å². The second kappa shape index (κ2) is 11.0. The number of hydrogen-bond donors (Lipinski definition) is 0. The van der Waals surface area contributed by atoms with Crippen molar-refractivity contribution in [2.75, 3.05) is 58.8 Å². The van der Waals surface area contributed by atoms with Crippen molar-refractivity contribution in [3.63, 3.8) is 0 Å². The minimum atomic E-state index is 0.849. The highest BCUT2D eigenvalue weighted by Crippen LogP contribution is 2.28. The minimum Gasteiger partial charge on any atom is -0.496 e. The molecule has 0 saturated carbocycles. The molecular weight excluding hydrogens is 382 g/mol. The summed E-state index contributed by atoms with van der Waals surface area (Å²) in [5, 5.41) is 0. The molecule has 1 fully saturated rings. The van der Waals surface area contributed by atoms with E-state index in [9.17, 15) is 0 Å². The van der Waals surface area contributed by atoms with E-state index in [-0.39, 0.29) is 0 Å². The van der Waals surface area contributed by atoms with Crippen molar-refractivity contribution in [2.45, 2.75) is 6.54 Å². The summed E-state index contributed by atoms with van der Waals surface area (Å²) in [4.78, 5) is 7.15. The van der Waals surface area contributed by atoms with Gasteiger partial charge in [-0.1, -0.05) is 55.7 Å². The van der Waals surface area contributed by atoms with Gasteiger partial charge in [0.1, 0.15) is 5.75 Å². The fourth-order valence-electron chi connectivity index (χ4n) is 4.02. The van der Waals surface area contributed by atoms with Crippen LogP contribution in [0.2, 0.25) is 0 Å². The maximum Gasteiger partial charge on any atom is 0.126 e. The molecule has 1 heterocycles. The normalized spacial score (nSPS) is 15.2. The molecule has 0 atom stereocenters. The van der Waals surface area contributed by atoms with Gasteiger partial charge in [-0.25, -0.2) is 0 Å². The van der Waals surface area contributed by atoms with Crippen LogP contribution >= 0.6 is 0 Å². The van der Waals surface area contributed by atoms with Crippen LogP contribution in [-0.4, -0.2) is 63.7 Å². The van der Waals surface area contributed by atoms with E-state index in [4.69, 9.17) is 4.74 Å². The first-order chi connectivity index (χ1) is 15.0. The summed E-state index contributed by atoms with van der Waals surface area (Å²) in [7, 11) is 5.83. The largest absolute Gasteiger partial charge is 0.496 e. The molecule has 164 valence electrons. The molecule has 4 heteroatoms. The molecule has 0 aromatic heterocycles. The van der Waals surface area contributed by atoms with E-state index in [0.717, 1.165) is 56.1 Å². The van der Waals surface area contributed by atoms with Crippen LogP contribution in [0.25, 0.3) is 18.2 Å². The molecule has 31 heavy (non-hydrogen) atoms. The highest BCUT2D eigenvalue weighted by atomic mass is 16.5. The van der Waals surface area contributed by atoms with Gasteiger partial charge in [-0.05, 0) is 34.9 Å². The summed E-state index contributed by atoms with van der Waals surface area (Å²) in [5.74, 6) is 0.849. The summed E-state index contributed by atoms with van der Waals surface area (Å²) in [5.41, 5.74) is 5.90. The smallest absolute Gasteiger partial charge is 0.126 e. The number of methoxy groups -OCH3 is 1. The Morgan fingerprint density at radius 3 is 2.13 bits per heavy atom. The lowest BCUT2D eigenvalue weighted by atomic mass is 9.99. The molecule has 3 rings (SSSR count). The Kier molecular flexibility index (Phi) is 8.10. The van der Waals surface area contributed by atoms with Crippen LogP contribution in [0.3, 0.4) is 0 Å². The van der Waals surface area contributed by atoms with E-state index in [2.05, 4.69) is 84.4 Å². The second-order valence-electron chi connectivity index (χ2n) is 8.13. The lowest BCUT2D eigenvalue weighted by Crippen LogP contribution is -2.45. The van der Waals surface area contributed by atoms with Gasteiger partial charge in [-0.2, -0.15) is 0 Å². The molecule has 1 aliphatic rings. The van der Waals surface area contributed by atoms with E-state index >= 15 is 0 Å². The van der Waals surface area contributed by atoms with E-state index in [1.807, 2.05) is 18.2 Å². The molecule has 0 radical (unpaired) electrons. The van der Waals surface area contributed by atoms with Crippen LogP contribution in [0, 0.1) is 0 Å². The van der Waals surface area contributed by atoms with Crippen molar-refractivity contribution in [2.24, 2.45) is 0 Å². The first kappa shape index (κ1) is 22.9. The lowest BCUT2D eigenvalue weighted by molar-refractivity contribution is 0.137. The summed E-state index contributed by atoms with van der Waals surface area (Å²) >= 11 is 0. The highest BCUT2D eigenvalue weighted by Gasteiger charge is 2.18. The van der Waals surface area contributed by atoms with Crippen LogP contribution in [0.5, 0.6) is 5.75 Å². The van der Waals surface area contributed by atoms with Gasteiger partial charge in [0.05, 0.1) is 7.11 Å². The van der Waals surface area contributed by atoms with Gasteiger partial charge < -0.3 is 9.64 Å². The van der Waals surface area contributed by atoms with Crippen LogP contribution in [0.15, 0.2) is 55.6 Å². The average molecular weight is 418 g/mol. The Balaban J connectivity index is 1.52. The van der Waals surface area contributed by atoms with Crippen molar-refractivity contribution in [3.05, 3.63) is 77.9 Å². The second-order valence-corrected chi connectivity index (χ2v) is 8.13. The number of rotatable bonds is 9. The SMILES string of the molecule is C=Cc1c(CN2CCN(C/C=C/c3ccc(N(C)C)cc3)CC2)ccc(OC)c1C=C. The zero-order valence-electron chi connectivity index (χ0n) is 19.2. The quantitative estimate of drug-likeness (QED) is 0.579. The van der Waals surface area contributed by atoms with Gasteiger partial charge in [-0.3, -0.25) is 9.80 Å². The fourth-order valence-corrected chi connectivity index (χ4v) is 4.02. The summed E-state index contributed by atoms with van der Waals surface area (Å²) < 4.78 is 5.48. The molecule has 1 aliphatic heterocycles. The van der Waals surface area contributed by atoms with Crippen molar-refractivity contribution in [3.8, 4) is 5.75 Å². The van der Waals surface area contributed by atoms with Gasteiger partial charge in [0.25, 0.3) is 0 Å². The molecule has 4 nitrogen and oxygen atoms in total. The molecule has 1 saturated heterocycles. The number of benzene rings is 2. The Hall–Kier alpha value is -2.82. The van der Waals surface area contributed by atoms with Crippen LogP contribution < -0.4 is 9.64 Å². The van der Waals surface area contributed by atoms with Crippen LogP contribution in [0.1, 0.15) is 22.3 Å². The van der Waals surface area contributed by atoms with Gasteiger partial charge >= 0.3 is 0 Å². The maximum absolute atomic E-state index is 5.48. The topological polar surface area (TPSA) is 19.0 Å². The van der Waals surface area contributed by atoms with Gasteiger partial charge in [0.2, 0.25) is 0 Å². The number of piperazine rings is 1. The minimum absolute atomic E-state index is 0.849. The predicted molar refractivity (Wildman–Crippen MR) is 135 cm³/mol. The van der Waals surface area contributed by atoms with Crippen molar-refractivity contribution >= 4 is 23.9 Å².